The van der Waals surface area contributed by atoms with Gasteiger partial charge in [-0.25, -0.2) is 0 Å². The average Bonchev–Trinajstić information content (AvgIpc) is 3.28. The second-order valence-corrected chi connectivity index (χ2v) is 7.42. The van der Waals surface area contributed by atoms with Crippen molar-refractivity contribution in [2.45, 2.75) is 39.5 Å². The number of hydrogen-bond acceptors (Lipinski definition) is 4. The molecule has 0 spiro atoms. The summed E-state index contributed by atoms with van der Waals surface area (Å²) in [5.74, 6) is -0.369. The van der Waals surface area contributed by atoms with Crippen LogP contribution in [0.3, 0.4) is 0 Å². The Morgan fingerprint density at radius 3 is 2.31 bits per heavy atom. The molecule has 154 valence electrons. The predicted molar refractivity (Wildman–Crippen MR) is 117 cm³/mol. The van der Waals surface area contributed by atoms with Crippen LogP contribution >= 0.6 is 0 Å². The molecular weight excluding hydrogens is 364 g/mol. The molecule has 1 aliphatic rings. The molecule has 1 aliphatic heterocycles. The maximum Gasteiger partial charge on any atom is 0.272 e. The maximum atomic E-state index is 12.7. The van der Waals surface area contributed by atoms with E-state index < -0.39 is 0 Å². The summed E-state index contributed by atoms with van der Waals surface area (Å²) < 4.78 is 0. The zero-order chi connectivity index (χ0) is 20.6. The van der Waals surface area contributed by atoms with E-state index in [1.54, 1.807) is 17.0 Å². The fourth-order valence-electron chi connectivity index (χ4n) is 3.64. The molecule has 2 heterocycles. The first kappa shape index (κ1) is 20.8. The maximum absolute atomic E-state index is 12.7. The van der Waals surface area contributed by atoms with Crippen LogP contribution in [0.15, 0.2) is 42.6 Å². The molecule has 1 fully saturated rings. The molecule has 0 radical (unpaired) electrons. The Bertz CT molecular complexity index is 823. The van der Waals surface area contributed by atoms with Gasteiger partial charge in [0.2, 0.25) is 0 Å². The molecule has 6 nitrogen and oxygen atoms in total. The van der Waals surface area contributed by atoms with Gasteiger partial charge in [-0.2, -0.15) is 0 Å². The third kappa shape index (κ3) is 5.34. The molecule has 3 rings (SSSR count). The lowest BCUT2D eigenvalue weighted by Gasteiger charge is -2.21. The van der Waals surface area contributed by atoms with Crippen molar-refractivity contribution in [3.8, 4) is 0 Å². The molecule has 29 heavy (non-hydrogen) atoms. The van der Waals surface area contributed by atoms with Gasteiger partial charge in [-0.1, -0.05) is 13.8 Å². The molecule has 1 N–H and O–H groups in total. The minimum absolute atomic E-state index is 0.127. The smallest absolute Gasteiger partial charge is 0.272 e. The fourth-order valence-corrected chi connectivity index (χ4v) is 3.64. The summed E-state index contributed by atoms with van der Waals surface area (Å²) in [4.78, 5) is 33.8. The number of aromatic nitrogens is 1. The van der Waals surface area contributed by atoms with Crippen molar-refractivity contribution in [2.24, 2.45) is 0 Å². The number of nitrogens with one attached hydrogen (secondary N) is 1. The second-order valence-electron chi connectivity index (χ2n) is 7.42. The summed E-state index contributed by atoms with van der Waals surface area (Å²) in [7, 11) is 0. The third-order valence-corrected chi connectivity index (χ3v) is 5.11. The quantitative estimate of drug-likeness (QED) is 0.729. The summed E-state index contributed by atoms with van der Waals surface area (Å²) >= 11 is 0. The van der Waals surface area contributed by atoms with E-state index in [1.807, 2.05) is 38.1 Å². The van der Waals surface area contributed by atoms with Crippen molar-refractivity contribution in [3.63, 3.8) is 0 Å². The highest BCUT2D eigenvalue weighted by Crippen LogP contribution is 2.22. The van der Waals surface area contributed by atoms with Gasteiger partial charge in [-0.3, -0.25) is 14.6 Å². The summed E-state index contributed by atoms with van der Waals surface area (Å²) in [5.41, 5.74) is 2.66. The lowest BCUT2D eigenvalue weighted by atomic mass is 10.2. The van der Waals surface area contributed by atoms with E-state index in [-0.39, 0.29) is 11.8 Å². The minimum atomic E-state index is -0.243. The van der Waals surface area contributed by atoms with Gasteiger partial charge < -0.3 is 15.1 Å². The zero-order valence-corrected chi connectivity index (χ0v) is 17.4. The number of pyridine rings is 1. The number of amides is 2. The van der Waals surface area contributed by atoms with Crippen LogP contribution in [0.1, 0.15) is 60.4 Å². The normalized spacial score (nSPS) is 13.4. The molecule has 0 unspecified atom stereocenters. The summed E-state index contributed by atoms with van der Waals surface area (Å²) in [6.07, 6.45) is 5.76. The van der Waals surface area contributed by atoms with Crippen LogP contribution in [-0.4, -0.2) is 47.9 Å². The first-order chi connectivity index (χ1) is 14.1. The van der Waals surface area contributed by atoms with Gasteiger partial charge in [0.1, 0.15) is 5.69 Å². The van der Waals surface area contributed by atoms with Gasteiger partial charge >= 0.3 is 0 Å². The van der Waals surface area contributed by atoms with E-state index in [0.717, 1.165) is 31.6 Å². The molecule has 1 aromatic carbocycles. The van der Waals surface area contributed by atoms with E-state index in [9.17, 15) is 9.59 Å². The molecule has 2 amide bonds. The number of carbonyl (C=O) groups excluding carboxylic acids is 2. The molecule has 6 heteroatoms. The molecule has 1 saturated heterocycles. The first-order valence-corrected chi connectivity index (χ1v) is 10.5. The third-order valence-electron chi connectivity index (χ3n) is 5.11. The SMILES string of the molecule is CCCN(CCC)C(=O)c1cc(C(=O)Nc2ccc(N3CCCC3)cc2)ccn1. The Morgan fingerprint density at radius 2 is 1.69 bits per heavy atom. The van der Waals surface area contributed by atoms with Gasteiger partial charge in [-0.05, 0) is 62.1 Å². The second kappa shape index (κ2) is 10.0. The lowest BCUT2D eigenvalue weighted by Crippen LogP contribution is -2.33. The lowest BCUT2D eigenvalue weighted by molar-refractivity contribution is 0.0749. The molecule has 0 saturated carbocycles. The predicted octanol–water partition coefficient (Wildman–Crippen LogP) is 4.20. The molecule has 0 aliphatic carbocycles. The largest absolute Gasteiger partial charge is 0.372 e. The van der Waals surface area contributed by atoms with E-state index in [1.165, 1.54) is 24.7 Å². The molecule has 0 bridgehead atoms. The molecule has 1 aromatic heterocycles. The number of hydrogen-bond donors (Lipinski definition) is 1. The van der Waals surface area contributed by atoms with Crippen LogP contribution < -0.4 is 10.2 Å². The Balaban J connectivity index is 1.68. The highest BCUT2D eigenvalue weighted by atomic mass is 16.2. The number of anilines is 2. The first-order valence-electron chi connectivity index (χ1n) is 10.5. The van der Waals surface area contributed by atoms with Gasteiger partial charge in [0, 0.05) is 49.3 Å². The van der Waals surface area contributed by atoms with Gasteiger partial charge in [0.05, 0.1) is 0 Å². The molecule has 0 atom stereocenters. The molecular formula is C23H30N4O2. The van der Waals surface area contributed by atoms with Crippen molar-refractivity contribution in [3.05, 3.63) is 53.9 Å². The van der Waals surface area contributed by atoms with Crippen molar-refractivity contribution < 1.29 is 9.59 Å². The number of benzene rings is 1. The van der Waals surface area contributed by atoms with E-state index in [0.29, 0.717) is 24.3 Å². The van der Waals surface area contributed by atoms with Crippen LogP contribution in [-0.2, 0) is 0 Å². The number of rotatable bonds is 8. The van der Waals surface area contributed by atoms with Gasteiger partial charge in [0.25, 0.3) is 11.8 Å². The molecule has 2 aromatic rings. The van der Waals surface area contributed by atoms with Crippen LogP contribution in [0.4, 0.5) is 11.4 Å². The van der Waals surface area contributed by atoms with Crippen molar-refractivity contribution in [1.29, 1.82) is 0 Å². The van der Waals surface area contributed by atoms with Crippen LogP contribution in [0.5, 0.6) is 0 Å². The van der Waals surface area contributed by atoms with E-state index in [4.69, 9.17) is 0 Å². The van der Waals surface area contributed by atoms with Crippen molar-refractivity contribution in [2.75, 3.05) is 36.4 Å². The monoisotopic (exact) mass is 394 g/mol. The number of nitrogens with zero attached hydrogens (tertiary/aromatic N) is 3. The zero-order valence-electron chi connectivity index (χ0n) is 17.4. The Hall–Kier alpha value is -2.89. The van der Waals surface area contributed by atoms with E-state index >= 15 is 0 Å². The Kier molecular flexibility index (Phi) is 7.22. The highest BCUT2D eigenvalue weighted by molar-refractivity contribution is 6.05. The fraction of sp³-hybridized carbons (Fsp3) is 0.435. The van der Waals surface area contributed by atoms with Crippen molar-refractivity contribution in [1.82, 2.24) is 9.88 Å². The van der Waals surface area contributed by atoms with Crippen LogP contribution in [0, 0.1) is 0 Å². The topological polar surface area (TPSA) is 65.5 Å². The van der Waals surface area contributed by atoms with Gasteiger partial charge in [-0.15, -0.1) is 0 Å². The van der Waals surface area contributed by atoms with Crippen LogP contribution in [0.25, 0.3) is 0 Å². The minimum Gasteiger partial charge on any atom is -0.372 e. The summed E-state index contributed by atoms with van der Waals surface area (Å²) in [5, 5.41) is 2.91. The average molecular weight is 395 g/mol. The summed E-state index contributed by atoms with van der Waals surface area (Å²) in [6, 6.07) is 11.1. The van der Waals surface area contributed by atoms with E-state index in [2.05, 4.69) is 15.2 Å². The number of carbonyl (C=O) groups is 2. The Labute approximate surface area is 172 Å². The Morgan fingerprint density at radius 1 is 1.03 bits per heavy atom. The van der Waals surface area contributed by atoms with Gasteiger partial charge in [0.15, 0.2) is 0 Å². The summed E-state index contributed by atoms with van der Waals surface area (Å²) in [6.45, 7) is 7.64. The van der Waals surface area contributed by atoms with Crippen molar-refractivity contribution >= 4 is 23.2 Å². The van der Waals surface area contributed by atoms with Crippen LogP contribution in [0.2, 0.25) is 0 Å². The highest BCUT2D eigenvalue weighted by Gasteiger charge is 2.18. The standard InChI is InChI=1S/C23H30N4O2/c1-3-13-27(14-4-2)23(29)21-17-18(11-12-24-21)22(28)25-19-7-9-20(10-8-19)26-15-5-6-16-26/h7-12,17H,3-6,13-16H2,1-2H3,(H,25,28).